The zero-order chi connectivity index (χ0) is 21.8. The van der Waals surface area contributed by atoms with E-state index < -0.39 is 17.7 Å². The van der Waals surface area contributed by atoms with Crippen LogP contribution >= 0.6 is 11.8 Å². The summed E-state index contributed by atoms with van der Waals surface area (Å²) < 4.78 is 19.2. The van der Waals surface area contributed by atoms with E-state index in [1.165, 1.54) is 30.0 Å². The third-order valence-electron chi connectivity index (χ3n) is 4.51. The molecule has 158 valence electrons. The Bertz CT molecular complexity index is 1060. The van der Waals surface area contributed by atoms with Crippen LogP contribution < -0.4 is 10.9 Å². The van der Waals surface area contributed by atoms with Crippen molar-refractivity contribution in [3.05, 3.63) is 75.5 Å². The Hall–Kier alpha value is -2.87. The number of thioether (sulfide) groups is 1. The molecule has 2 aromatic rings. The van der Waals surface area contributed by atoms with Gasteiger partial charge in [0.05, 0.1) is 17.1 Å². The maximum absolute atomic E-state index is 14.0. The fourth-order valence-electron chi connectivity index (χ4n) is 3.25. The van der Waals surface area contributed by atoms with E-state index in [1.54, 1.807) is 19.1 Å². The molecule has 1 aromatic carbocycles. The van der Waals surface area contributed by atoms with Crippen molar-refractivity contribution < 1.29 is 13.9 Å². The molecule has 3 rings (SSSR count). The summed E-state index contributed by atoms with van der Waals surface area (Å²) in [5.41, 5.74) is 1.09. The van der Waals surface area contributed by atoms with E-state index in [2.05, 4.69) is 35.7 Å². The zero-order valence-corrected chi connectivity index (χ0v) is 17.9. The Morgan fingerprint density at radius 3 is 2.87 bits per heavy atom. The van der Waals surface area contributed by atoms with E-state index in [1.807, 2.05) is 0 Å². The van der Waals surface area contributed by atoms with Gasteiger partial charge < -0.3 is 15.0 Å². The second-order valence-corrected chi connectivity index (χ2v) is 8.39. The number of aromatic nitrogens is 2. The molecule has 1 atom stereocenters. The molecule has 0 fully saturated rings. The van der Waals surface area contributed by atoms with Gasteiger partial charge >= 0.3 is 5.97 Å². The van der Waals surface area contributed by atoms with Crippen LogP contribution in [0, 0.1) is 11.7 Å². The standard InChI is InChI=1S/C22H24FN3O3S/c1-5-9-29-21(28)16-13(4)24-19-18(17(16)14-7-6-8-15(23)10-14)20(27)26-22(25-19)30-11-12(2)3/h5-8,10,12,17H,1,9,11H2,2-4H3,(H2,24,25,26,27). The lowest BCUT2D eigenvalue weighted by Crippen LogP contribution is -2.31. The number of anilines is 1. The molecule has 8 heteroatoms. The van der Waals surface area contributed by atoms with Crippen molar-refractivity contribution in [3.8, 4) is 0 Å². The van der Waals surface area contributed by atoms with Crippen molar-refractivity contribution >= 4 is 23.5 Å². The van der Waals surface area contributed by atoms with Gasteiger partial charge in [-0.3, -0.25) is 4.79 Å². The number of benzene rings is 1. The average Bonchev–Trinajstić information content (AvgIpc) is 2.69. The predicted molar refractivity (Wildman–Crippen MR) is 116 cm³/mol. The summed E-state index contributed by atoms with van der Waals surface area (Å²) in [4.78, 5) is 33.2. The van der Waals surface area contributed by atoms with Crippen molar-refractivity contribution in [1.82, 2.24) is 9.97 Å². The molecule has 1 unspecified atom stereocenters. The van der Waals surface area contributed by atoms with E-state index in [0.29, 0.717) is 28.2 Å². The third kappa shape index (κ3) is 4.64. The van der Waals surface area contributed by atoms with Crippen molar-refractivity contribution in [2.75, 3.05) is 17.7 Å². The zero-order valence-electron chi connectivity index (χ0n) is 17.1. The number of hydrogen-bond donors (Lipinski definition) is 2. The number of hydrogen-bond acceptors (Lipinski definition) is 6. The number of nitrogens with one attached hydrogen (secondary N) is 2. The number of carbonyl (C=O) groups excluding carboxylic acids is 1. The van der Waals surface area contributed by atoms with Gasteiger partial charge in [0.15, 0.2) is 5.16 Å². The fourth-order valence-corrected chi connectivity index (χ4v) is 4.06. The number of esters is 1. The van der Waals surface area contributed by atoms with E-state index in [-0.39, 0.29) is 23.3 Å². The van der Waals surface area contributed by atoms with Crippen LogP contribution in [0.2, 0.25) is 0 Å². The van der Waals surface area contributed by atoms with Gasteiger partial charge in [0, 0.05) is 11.4 Å². The van der Waals surface area contributed by atoms with Gasteiger partial charge in [0.2, 0.25) is 0 Å². The molecule has 6 nitrogen and oxygen atoms in total. The smallest absolute Gasteiger partial charge is 0.337 e. The molecule has 2 heterocycles. The van der Waals surface area contributed by atoms with Gasteiger partial charge in [-0.05, 0) is 30.5 Å². The molecule has 0 radical (unpaired) electrons. The topological polar surface area (TPSA) is 84.1 Å². The Kier molecular flexibility index (Phi) is 6.77. The molecule has 0 saturated carbocycles. The lowest BCUT2D eigenvalue weighted by molar-refractivity contribution is -0.138. The maximum atomic E-state index is 14.0. The molecule has 1 aliphatic heterocycles. The Balaban J connectivity index is 2.15. The van der Waals surface area contributed by atoms with Crippen LogP contribution in [-0.4, -0.2) is 28.3 Å². The first-order chi connectivity index (χ1) is 14.3. The first-order valence-corrected chi connectivity index (χ1v) is 10.6. The third-order valence-corrected chi connectivity index (χ3v) is 5.81. The monoisotopic (exact) mass is 429 g/mol. The molecule has 0 amide bonds. The highest BCUT2D eigenvalue weighted by Crippen LogP contribution is 2.40. The number of allylic oxidation sites excluding steroid dienone is 1. The van der Waals surface area contributed by atoms with Crippen molar-refractivity contribution in [1.29, 1.82) is 0 Å². The average molecular weight is 430 g/mol. The minimum Gasteiger partial charge on any atom is -0.458 e. The van der Waals surface area contributed by atoms with Gasteiger partial charge in [0.25, 0.3) is 5.56 Å². The van der Waals surface area contributed by atoms with Crippen LogP contribution in [0.15, 0.2) is 58.1 Å². The first kappa shape index (κ1) is 21.8. The minimum atomic E-state index is -0.810. The van der Waals surface area contributed by atoms with Gasteiger partial charge in [-0.2, -0.15) is 0 Å². The van der Waals surface area contributed by atoms with Crippen LogP contribution in [0.25, 0.3) is 0 Å². The van der Waals surface area contributed by atoms with Crippen LogP contribution in [-0.2, 0) is 9.53 Å². The quantitative estimate of drug-likeness (QED) is 0.297. The van der Waals surface area contributed by atoms with Gasteiger partial charge in [-0.1, -0.05) is 50.4 Å². The largest absolute Gasteiger partial charge is 0.458 e. The van der Waals surface area contributed by atoms with E-state index in [9.17, 15) is 14.0 Å². The number of H-pyrrole nitrogens is 1. The number of aromatic amines is 1. The van der Waals surface area contributed by atoms with Gasteiger partial charge in [-0.15, -0.1) is 0 Å². The Labute approximate surface area is 178 Å². The summed E-state index contributed by atoms with van der Waals surface area (Å²) in [7, 11) is 0. The molecule has 1 aromatic heterocycles. The van der Waals surface area contributed by atoms with Gasteiger partial charge in [0.1, 0.15) is 18.2 Å². The highest BCUT2D eigenvalue weighted by Gasteiger charge is 2.36. The van der Waals surface area contributed by atoms with E-state index in [4.69, 9.17) is 4.74 Å². The van der Waals surface area contributed by atoms with Crippen LogP contribution in [0.3, 0.4) is 0 Å². The van der Waals surface area contributed by atoms with E-state index >= 15 is 0 Å². The summed E-state index contributed by atoms with van der Waals surface area (Å²) in [5.74, 6) is -0.290. The van der Waals surface area contributed by atoms with E-state index in [0.717, 1.165) is 5.75 Å². The normalized spacial score (nSPS) is 15.6. The Morgan fingerprint density at radius 2 is 2.20 bits per heavy atom. The number of carbonyl (C=O) groups is 1. The summed E-state index contributed by atoms with van der Waals surface area (Å²) in [5, 5.41) is 3.55. The second-order valence-electron chi connectivity index (χ2n) is 7.38. The molecule has 0 spiro atoms. The maximum Gasteiger partial charge on any atom is 0.337 e. The molecular weight excluding hydrogens is 405 g/mol. The number of halogens is 1. The van der Waals surface area contributed by atoms with Gasteiger partial charge in [-0.25, -0.2) is 14.2 Å². The van der Waals surface area contributed by atoms with Crippen molar-refractivity contribution in [2.24, 2.45) is 5.92 Å². The van der Waals surface area contributed by atoms with Crippen LogP contribution in [0.1, 0.15) is 37.8 Å². The van der Waals surface area contributed by atoms with Crippen LogP contribution in [0.5, 0.6) is 0 Å². The highest BCUT2D eigenvalue weighted by atomic mass is 32.2. The molecular formula is C22H24FN3O3S. The molecule has 0 aliphatic carbocycles. The molecule has 30 heavy (non-hydrogen) atoms. The predicted octanol–water partition coefficient (Wildman–Crippen LogP) is 4.22. The lowest BCUT2D eigenvalue weighted by atomic mass is 9.82. The van der Waals surface area contributed by atoms with Crippen molar-refractivity contribution in [2.45, 2.75) is 31.8 Å². The molecule has 1 aliphatic rings. The summed E-state index contributed by atoms with van der Waals surface area (Å²) >= 11 is 1.45. The SMILES string of the molecule is C=CCOC(=O)C1=C(C)Nc2nc(SCC(C)C)[nH]c(=O)c2C1c1cccc(F)c1. The fraction of sp³-hybridized carbons (Fsp3) is 0.318. The first-order valence-electron chi connectivity index (χ1n) is 9.60. The lowest BCUT2D eigenvalue weighted by Gasteiger charge is -2.28. The molecule has 0 bridgehead atoms. The second kappa shape index (κ2) is 9.30. The number of rotatable bonds is 7. The molecule has 0 saturated heterocycles. The number of nitrogens with zero attached hydrogens (tertiary/aromatic N) is 1. The highest BCUT2D eigenvalue weighted by molar-refractivity contribution is 7.99. The Morgan fingerprint density at radius 1 is 1.43 bits per heavy atom. The minimum absolute atomic E-state index is 0.0255. The summed E-state index contributed by atoms with van der Waals surface area (Å²) in [6.45, 7) is 9.44. The number of fused-ring (bicyclic) bond motifs is 1. The van der Waals surface area contributed by atoms with Crippen molar-refractivity contribution in [3.63, 3.8) is 0 Å². The number of ether oxygens (including phenoxy) is 1. The summed E-state index contributed by atoms with van der Waals surface area (Å²) in [6.07, 6.45) is 1.46. The molecule has 2 N–H and O–H groups in total. The summed E-state index contributed by atoms with van der Waals surface area (Å²) in [6, 6.07) is 5.85. The van der Waals surface area contributed by atoms with Crippen LogP contribution in [0.4, 0.5) is 10.2 Å².